The van der Waals surface area contributed by atoms with E-state index < -0.39 is 0 Å². The molecule has 20 heavy (non-hydrogen) atoms. The summed E-state index contributed by atoms with van der Waals surface area (Å²) in [5, 5.41) is 3.49. The van der Waals surface area contributed by atoms with Crippen molar-refractivity contribution >= 4 is 0 Å². The first-order valence-corrected chi connectivity index (χ1v) is 7.73. The summed E-state index contributed by atoms with van der Waals surface area (Å²) in [4.78, 5) is 0. The van der Waals surface area contributed by atoms with E-state index in [1.54, 1.807) is 0 Å². The first kappa shape index (κ1) is 15.3. The molecule has 1 aliphatic carbocycles. The topological polar surface area (TPSA) is 30.5 Å². The Morgan fingerprint density at radius 1 is 1.15 bits per heavy atom. The molecular weight excluding hydrogens is 250 g/mol. The molecule has 1 unspecified atom stereocenters. The molecule has 3 heteroatoms. The van der Waals surface area contributed by atoms with Gasteiger partial charge in [-0.05, 0) is 57.2 Å². The van der Waals surface area contributed by atoms with Crippen LogP contribution in [0.2, 0.25) is 0 Å². The van der Waals surface area contributed by atoms with E-state index in [-0.39, 0.29) is 6.10 Å². The SMILES string of the molecule is CC(C)Oc1ccc(C(C)NCCOCC2CC2)cc1. The third kappa shape index (κ3) is 5.51. The average molecular weight is 277 g/mol. The summed E-state index contributed by atoms with van der Waals surface area (Å²) in [6.45, 7) is 8.91. The van der Waals surface area contributed by atoms with Crippen LogP contribution in [0.1, 0.15) is 45.2 Å². The lowest BCUT2D eigenvalue weighted by atomic mass is 10.1. The Labute approximate surface area is 122 Å². The standard InChI is InChI=1S/C17H27NO2/c1-13(2)20-17-8-6-16(7-9-17)14(3)18-10-11-19-12-15-4-5-15/h6-9,13-15,18H,4-5,10-12H2,1-3H3. The van der Waals surface area contributed by atoms with Crippen LogP contribution >= 0.6 is 0 Å². The van der Waals surface area contributed by atoms with Crippen molar-refractivity contribution in [2.24, 2.45) is 5.92 Å². The molecule has 0 radical (unpaired) electrons. The molecular formula is C17H27NO2. The first-order chi connectivity index (χ1) is 9.65. The van der Waals surface area contributed by atoms with Gasteiger partial charge in [0.25, 0.3) is 0 Å². The monoisotopic (exact) mass is 277 g/mol. The van der Waals surface area contributed by atoms with E-state index in [1.807, 2.05) is 26.0 Å². The van der Waals surface area contributed by atoms with Gasteiger partial charge < -0.3 is 14.8 Å². The van der Waals surface area contributed by atoms with E-state index in [0.29, 0.717) is 6.04 Å². The van der Waals surface area contributed by atoms with Gasteiger partial charge in [0.05, 0.1) is 12.7 Å². The normalized spacial score (nSPS) is 16.4. The van der Waals surface area contributed by atoms with Gasteiger partial charge in [-0.2, -0.15) is 0 Å². The fourth-order valence-electron chi connectivity index (χ4n) is 2.11. The zero-order valence-corrected chi connectivity index (χ0v) is 12.9. The summed E-state index contributed by atoms with van der Waals surface area (Å²) in [6, 6.07) is 8.67. The first-order valence-electron chi connectivity index (χ1n) is 7.73. The minimum Gasteiger partial charge on any atom is -0.491 e. The van der Waals surface area contributed by atoms with Crippen LogP contribution in [0.3, 0.4) is 0 Å². The van der Waals surface area contributed by atoms with Gasteiger partial charge >= 0.3 is 0 Å². The van der Waals surface area contributed by atoms with E-state index in [2.05, 4.69) is 24.4 Å². The summed E-state index contributed by atoms with van der Waals surface area (Å²) in [5.41, 5.74) is 1.28. The average Bonchev–Trinajstić information content (AvgIpc) is 3.22. The van der Waals surface area contributed by atoms with Gasteiger partial charge in [-0.3, -0.25) is 0 Å². The fourth-order valence-corrected chi connectivity index (χ4v) is 2.11. The van der Waals surface area contributed by atoms with Crippen molar-refractivity contribution < 1.29 is 9.47 Å². The predicted octanol–water partition coefficient (Wildman–Crippen LogP) is 3.55. The molecule has 1 fully saturated rings. The maximum Gasteiger partial charge on any atom is 0.119 e. The second-order valence-electron chi connectivity index (χ2n) is 5.93. The highest BCUT2D eigenvalue weighted by Crippen LogP contribution is 2.28. The van der Waals surface area contributed by atoms with Crippen LogP contribution in [0.25, 0.3) is 0 Å². The van der Waals surface area contributed by atoms with Crippen molar-refractivity contribution in [2.45, 2.75) is 45.8 Å². The molecule has 1 aromatic carbocycles. The number of rotatable bonds is 9. The number of benzene rings is 1. The van der Waals surface area contributed by atoms with Crippen LogP contribution in [0.5, 0.6) is 5.75 Å². The lowest BCUT2D eigenvalue weighted by Gasteiger charge is -2.15. The fraction of sp³-hybridized carbons (Fsp3) is 0.647. The number of hydrogen-bond donors (Lipinski definition) is 1. The molecule has 3 nitrogen and oxygen atoms in total. The molecule has 1 atom stereocenters. The molecule has 0 aliphatic heterocycles. The summed E-state index contributed by atoms with van der Waals surface area (Å²) < 4.78 is 11.3. The molecule has 0 aromatic heterocycles. The van der Waals surface area contributed by atoms with Gasteiger partial charge in [-0.1, -0.05) is 12.1 Å². The van der Waals surface area contributed by atoms with Crippen molar-refractivity contribution in [2.75, 3.05) is 19.8 Å². The van der Waals surface area contributed by atoms with Crippen LogP contribution in [-0.4, -0.2) is 25.9 Å². The van der Waals surface area contributed by atoms with E-state index in [1.165, 1.54) is 18.4 Å². The maximum absolute atomic E-state index is 5.65. The van der Waals surface area contributed by atoms with Gasteiger partial charge in [0.2, 0.25) is 0 Å². The third-order valence-corrected chi connectivity index (χ3v) is 3.50. The van der Waals surface area contributed by atoms with E-state index in [4.69, 9.17) is 9.47 Å². The van der Waals surface area contributed by atoms with Gasteiger partial charge in [-0.15, -0.1) is 0 Å². The molecule has 2 rings (SSSR count). The minimum absolute atomic E-state index is 0.222. The number of hydrogen-bond acceptors (Lipinski definition) is 3. The molecule has 1 aliphatic rings. The second kappa shape index (κ2) is 7.65. The summed E-state index contributed by atoms with van der Waals surface area (Å²) in [6.07, 6.45) is 2.93. The van der Waals surface area contributed by atoms with Crippen molar-refractivity contribution in [3.8, 4) is 5.75 Å². The Balaban J connectivity index is 1.66. The Morgan fingerprint density at radius 3 is 2.45 bits per heavy atom. The van der Waals surface area contributed by atoms with Crippen molar-refractivity contribution in [1.29, 1.82) is 0 Å². The van der Waals surface area contributed by atoms with Gasteiger partial charge in [0.1, 0.15) is 5.75 Å². The van der Waals surface area contributed by atoms with E-state index >= 15 is 0 Å². The van der Waals surface area contributed by atoms with Crippen LogP contribution in [0.4, 0.5) is 0 Å². The Morgan fingerprint density at radius 2 is 1.85 bits per heavy atom. The molecule has 0 amide bonds. The van der Waals surface area contributed by atoms with E-state index in [9.17, 15) is 0 Å². The Kier molecular flexibility index (Phi) is 5.86. The molecule has 0 saturated heterocycles. The lowest BCUT2D eigenvalue weighted by molar-refractivity contribution is 0.124. The molecule has 0 bridgehead atoms. The van der Waals surface area contributed by atoms with Crippen LogP contribution in [0, 0.1) is 5.92 Å². The zero-order valence-electron chi connectivity index (χ0n) is 12.9. The van der Waals surface area contributed by atoms with Gasteiger partial charge in [0.15, 0.2) is 0 Å². The zero-order chi connectivity index (χ0) is 14.4. The number of nitrogens with one attached hydrogen (secondary N) is 1. The van der Waals surface area contributed by atoms with E-state index in [0.717, 1.165) is 31.4 Å². The highest BCUT2D eigenvalue weighted by molar-refractivity contribution is 5.29. The lowest BCUT2D eigenvalue weighted by Crippen LogP contribution is -2.23. The Hall–Kier alpha value is -1.06. The quantitative estimate of drug-likeness (QED) is 0.700. The predicted molar refractivity (Wildman–Crippen MR) is 82.2 cm³/mol. The smallest absolute Gasteiger partial charge is 0.119 e. The highest BCUT2D eigenvalue weighted by Gasteiger charge is 2.20. The maximum atomic E-state index is 5.65. The molecule has 0 heterocycles. The van der Waals surface area contributed by atoms with Crippen molar-refractivity contribution in [3.05, 3.63) is 29.8 Å². The summed E-state index contributed by atoms with van der Waals surface area (Å²) in [7, 11) is 0. The largest absolute Gasteiger partial charge is 0.491 e. The highest BCUT2D eigenvalue weighted by atomic mass is 16.5. The third-order valence-electron chi connectivity index (χ3n) is 3.50. The molecule has 112 valence electrons. The van der Waals surface area contributed by atoms with Gasteiger partial charge in [0, 0.05) is 19.2 Å². The Bertz CT molecular complexity index is 384. The van der Waals surface area contributed by atoms with Crippen LogP contribution in [-0.2, 0) is 4.74 Å². The van der Waals surface area contributed by atoms with Gasteiger partial charge in [-0.25, -0.2) is 0 Å². The van der Waals surface area contributed by atoms with Crippen LogP contribution in [0.15, 0.2) is 24.3 Å². The molecule has 1 aromatic rings. The molecule has 1 saturated carbocycles. The molecule has 1 N–H and O–H groups in total. The van der Waals surface area contributed by atoms with Crippen LogP contribution < -0.4 is 10.1 Å². The number of ether oxygens (including phenoxy) is 2. The summed E-state index contributed by atoms with van der Waals surface area (Å²) >= 11 is 0. The second-order valence-corrected chi connectivity index (χ2v) is 5.93. The molecule has 0 spiro atoms. The van der Waals surface area contributed by atoms with Crippen molar-refractivity contribution in [3.63, 3.8) is 0 Å². The van der Waals surface area contributed by atoms with Crippen molar-refractivity contribution in [1.82, 2.24) is 5.32 Å². The minimum atomic E-state index is 0.222. The summed E-state index contributed by atoms with van der Waals surface area (Å²) in [5.74, 6) is 1.78.